The Kier molecular flexibility index (Phi) is 3.08. The number of nitriles is 1. The number of aromatic nitrogens is 2. The first kappa shape index (κ1) is 11.2. The third kappa shape index (κ3) is 2.62. The molecular weight excluding hydrogens is 240 g/mol. The van der Waals surface area contributed by atoms with Crippen molar-refractivity contribution in [3.05, 3.63) is 41.2 Å². The summed E-state index contributed by atoms with van der Waals surface area (Å²) in [5, 5.41) is 9.20. The molecule has 1 heterocycles. The monoisotopic (exact) mass is 246 g/mol. The second-order valence-corrected chi connectivity index (χ2v) is 3.56. The fraction of sp³-hybridized carbons (Fsp3) is 0. The molecule has 0 radical (unpaired) electrons. The van der Waals surface area contributed by atoms with Gasteiger partial charge in [0.25, 0.3) is 0 Å². The Bertz CT molecular complexity index is 594. The van der Waals surface area contributed by atoms with Crippen LogP contribution in [0.3, 0.4) is 0 Å². The Labute approximate surface area is 102 Å². The van der Waals surface area contributed by atoms with E-state index in [4.69, 9.17) is 27.3 Å². The number of ether oxygens (including phenoxy) is 1. The average molecular weight is 247 g/mol. The predicted octanol–water partition coefficient (Wildman–Crippen LogP) is 2.38. The first-order chi connectivity index (χ1) is 8.19. The summed E-state index contributed by atoms with van der Waals surface area (Å²) in [5.74, 6) is 0.393. The highest BCUT2D eigenvalue weighted by Crippen LogP contribution is 2.27. The van der Waals surface area contributed by atoms with Gasteiger partial charge in [-0.3, -0.25) is 0 Å². The topological polar surface area (TPSA) is 84.8 Å². The Morgan fingerprint density at radius 2 is 2.18 bits per heavy atom. The molecule has 0 fully saturated rings. The van der Waals surface area contributed by atoms with Crippen LogP contribution in [0.5, 0.6) is 11.8 Å². The SMILES string of the molecule is N#Cc1ccnc(Oc2ccc(Cl)cc2N)n1. The number of benzene rings is 1. The average Bonchev–Trinajstić information content (AvgIpc) is 2.33. The van der Waals surface area contributed by atoms with Gasteiger partial charge < -0.3 is 10.5 Å². The Balaban J connectivity index is 2.28. The summed E-state index contributed by atoms with van der Waals surface area (Å²) in [7, 11) is 0. The van der Waals surface area contributed by atoms with Crippen LogP contribution in [0.1, 0.15) is 5.69 Å². The van der Waals surface area contributed by atoms with Crippen LogP contribution in [-0.2, 0) is 0 Å². The van der Waals surface area contributed by atoms with Gasteiger partial charge in [0.15, 0.2) is 5.75 Å². The maximum Gasteiger partial charge on any atom is 0.323 e. The minimum Gasteiger partial charge on any atom is -0.422 e. The van der Waals surface area contributed by atoms with E-state index in [1.165, 1.54) is 12.3 Å². The number of nitrogens with two attached hydrogens (primary N) is 1. The van der Waals surface area contributed by atoms with E-state index in [9.17, 15) is 0 Å². The summed E-state index contributed by atoms with van der Waals surface area (Å²) < 4.78 is 5.35. The molecule has 0 bridgehead atoms. The summed E-state index contributed by atoms with van der Waals surface area (Å²) in [6.07, 6.45) is 1.44. The molecule has 0 spiro atoms. The summed E-state index contributed by atoms with van der Waals surface area (Å²) in [5.41, 5.74) is 6.31. The lowest BCUT2D eigenvalue weighted by atomic mass is 10.3. The largest absolute Gasteiger partial charge is 0.422 e. The van der Waals surface area contributed by atoms with Gasteiger partial charge in [-0.1, -0.05) is 11.6 Å². The minimum atomic E-state index is 0.0677. The van der Waals surface area contributed by atoms with Gasteiger partial charge in [0, 0.05) is 11.2 Å². The number of hydrogen-bond donors (Lipinski definition) is 1. The Morgan fingerprint density at radius 3 is 2.88 bits per heavy atom. The molecule has 0 unspecified atom stereocenters. The van der Waals surface area contributed by atoms with E-state index in [0.717, 1.165) is 0 Å². The van der Waals surface area contributed by atoms with E-state index < -0.39 is 0 Å². The molecule has 2 aromatic rings. The van der Waals surface area contributed by atoms with Crippen LogP contribution in [-0.4, -0.2) is 9.97 Å². The highest BCUT2D eigenvalue weighted by atomic mass is 35.5. The molecule has 2 N–H and O–H groups in total. The number of halogens is 1. The summed E-state index contributed by atoms with van der Waals surface area (Å²) in [6, 6.07) is 8.26. The van der Waals surface area contributed by atoms with Crippen molar-refractivity contribution < 1.29 is 4.74 Å². The van der Waals surface area contributed by atoms with Gasteiger partial charge >= 0.3 is 6.01 Å². The molecular formula is C11H7ClN4O. The van der Waals surface area contributed by atoms with Crippen LogP contribution in [0.4, 0.5) is 5.69 Å². The van der Waals surface area contributed by atoms with Gasteiger partial charge in [0.05, 0.1) is 5.69 Å². The van der Waals surface area contributed by atoms with E-state index >= 15 is 0 Å². The molecule has 2 rings (SSSR count). The zero-order valence-corrected chi connectivity index (χ0v) is 9.35. The summed E-state index contributed by atoms with van der Waals surface area (Å²) >= 11 is 5.76. The predicted molar refractivity (Wildman–Crippen MR) is 62.7 cm³/mol. The number of anilines is 1. The van der Waals surface area contributed by atoms with Gasteiger partial charge in [-0.2, -0.15) is 10.2 Å². The molecule has 1 aromatic carbocycles. The normalized spacial score (nSPS) is 9.65. The molecule has 5 nitrogen and oxygen atoms in total. The quantitative estimate of drug-likeness (QED) is 0.823. The lowest BCUT2D eigenvalue weighted by molar-refractivity contribution is 0.443. The smallest absolute Gasteiger partial charge is 0.323 e. The van der Waals surface area contributed by atoms with Gasteiger partial charge in [0.2, 0.25) is 0 Å². The zero-order chi connectivity index (χ0) is 12.3. The third-order valence-electron chi connectivity index (χ3n) is 1.92. The van der Waals surface area contributed by atoms with Crippen molar-refractivity contribution >= 4 is 17.3 Å². The molecule has 1 aromatic heterocycles. The number of rotatable bonds is 2. The minimum absolute atomic E-state index is 0.0677. The van der Waals surface area contributed by atoms with Gasteiger partial charge in [-0.15, -0.1) is 0 Å². The van der Waals surface area contributed by atoms with Crippen molar-refractivity contribution in [2.45, 2.75) is 0 Å². The maximum atomic E-state index is 8.68. The van der Waals surface area contributed by atoms with Crippen LogP contribution in [0.25, 0.3) is 0 Å². The van der Waals surface area contributed by atoms with Crippen molar-refractivity contribution in [1.29, 1.82) is 5.26 Å². The molecule has 0 atom stereocenters. The van der Waals surface area contributed by atoms with Gasteiger partial charge in [-0.05, 0) is 24.3 Å². The molecule has 84 valence electrons. The number of nitrogens with zero attached hydrogens (tertiary/aromatic N) is 3. The number of hydrogen-bond acceptors (Lipinski definition) is 5. The van der Waals surface area contributed by atoms with Crippen molar-refractivity contribution in [3.8, 4) is 17.8 Å². The second-order valence-electron chi connectivity index (χ2n) is 3.12. The highest BCUT2D eigenvalue weighted by molar-refractivity contribution is 6.30. The first-order valence-electron chi connectivity index (χ1n) is 4.65. The summed E-state index contributed by atoms with van der Waals surface area (Å²) in [6.45, 7) is 0. The van der Waals surface area contributed by atoms with Gasteiger partial charge in [0.1, 0.15) is 11.8 Å². The van der Waals surface area contributed by atoms with E-state index in [2.05, 4.69) is 9.97 Å². The van der Waals surface area contributed by atoms with Crippen molar-refractivity contribution in [1.82, 2.24) is 9.97 Å². The molecule has 0 saturated heterocycles. The van der Waals surface area contributed by atoms with Crippen LogP contribution in [0.2, 0.25) is 5.02 Å². The van der Waals surface area contributed by atoms with Crippen LogP contribution >= 0.6 is 11.6 Å². The van der Waals surface area contributed by atoms with E-state index in [0.29, 0.717) is 16.5 Å². The molecule has 0 aliphatic heterocycles. The molecule has 0 aliphatic carbocycles. The van der Waals surface area contributed by atoms with Crippen LogP contribution in [0, 0.1) is 11.3 Å². The second kappa shape index (κ2) is 4.68. The molecule has 0 aliphatic rings. The first-order valence-corrected chi connectivity index (χ1v) is 5.03. The lowest BCUT2D eigenvalue weighted by Gasteiger charge is -2.06. The highest BCUT2D eigenvalue weighted by Gasteiger charge is 2.05. The maximum absolute atomic E-state index is 8.68. The fourth-order valence-corrected chi connectivity index (χ4v) is 1.34. The lowest BCUT2D eigenvalue weighted by Crippen LogP contribution is -1.96. The van der Waals surface area contributed by atoms with Crippen LogP contribution < -0.4 is 10.5 Å². The Morgan fingerprint density at radius 1 is 1.35 bits per heavy atom. The molecule has 6 heteroatoms. The van der Waals surface area contributed by atoms with E-state index in [1.54, 1.807) is 18.2 Å². The molecule has 0 amide bonds. The van der Waals surface area contributed by atoms with Crippen molar-refractivity contribution in [3.63, 3.8) is 0 Å². The van der Waals surface area contributed by atoms with Crippen molar-refractivity contribution in [2.24, 2.45) is 0 Å². The fourth-order valence-electron chi connectivity index (χ4n) is 1.16. The molecule has 0 saturated carbocycles. The Hall–Kier alpha value is -2.32. The third-order valence-corrected chi connectivity index (χ3v) is 2.16. The van der Waals surface area contributed by atoms with E-state index in [-0.39, 0.29) is 11.7 Å². The van der Waals surface area contributed by atoms with Crippen LogP contribution in [0.15, 0.2) is 30.5 Å². The molecule has 17 heavy (non-hydrogen) atoms. The summed E-state index contributed by atoms with van der Waals surface area (Å²) in [4.78, 5) is 7.74. The van der Waals surface area contributed by atoms with Crippen molar-refractivity contribution in [2.75, 3.05) is 5.73 Å². The van der Waals surface area contributed by atoms with E-state index in [1.807, 2.05) is 6.07 Å². The standard InChI is InChI=1S/C11H7ClN4O/c12-7-1-2-10(9(14)5-7)17-11-15-4-3-8(6-13)16-11/h1-5H,14H2. The zero-order valence-electron chi connectivity index (χ0n) is 8.59. The number of nitrogen functional groups attached to an aromatic ring is 1. The van der Waals surface area contributed by atoms with Gasteiger partial charge in [-0.25, -0.2) is 4.98 Å².